The number of anilines is 2. The summed E-state index contributed by atoms with van der Waals surface area (Å²) in [6, 6.07) is 2.73. The Morgan fingerprint density at radius 1 is 1.41 bits per heavy atom. The van der Waals surface area contributed by atoms with Crippen molar-refractivity contribution in [1.82, 2.24) is 20.5 Å². The van der Waals surface area contributed by atoms with Crippen molar-refractivity contribution in [2.45, 2.75) is 0 Å². The van der Waals surface area contributed by atoms with Crippen LogP contribution in [0, 0.1) is 5.95 Å². The minimum atomic E-state index is -0.563. The lowest BCUT2D eigenvalue weighted by atomic mass is 10.3. The first kappa shape index (κ1) is 11.1. The monoisotopic (exact) mass is 235 g/mol. The molecule has 6 nitrogen and oxygen atoms in total. The summed E-state index contributed by atoms with van der Waals surface area (Å²) in [5.41, 5.74) is 0.928. The van der Waals surface area contributed by atoms with Crippen LogP contribution < -0.4 is 10.6 Å². The van der Waals surface area contributed by atoms with Crippen LogP contribution in [-0.4, -0.2) is 28.1 Å². The molecular formula is C10H10FN5O. The van der Waals surface area contributed by atoms with Crippen molar-refractivity contribution in [2.24, 2.45) is 0 Å². The summed E-state index contributed by atoms with van der Waals surface area (Å²) >= 11 is 0. The van der Waals surface area contributed by atoms with E-state index >= 15 is 0 Å². The number of pyridine rings is 1. The van der Waals surface area contributed by atoms with Gasteiger partial charge in [-0.25, -0.2) is 4.98 Å². The fraction of sp³-hybridized carbons (Fsp3) is 0.100. The van der Waals surface area contributed by atoms with Gasteiger partial charge in [-0.05, 0) is 12.1 Å². The molecule has 0 atom stereocenters. The topological polar surface area (TPSA) is 82.7 Å². The number of nitrogens with one attached hydrogen (secondary N) is 3. The summed E-state index contributed by atoms with van der Waals surface area (Å²) in [5.74, 6) is -0.402. The van der Waals surface area contributed by atoms with Crippen molar-refractivity contribution >= 4 is 17.4 Å². The van der Waals surface area contributed by atoms with Crippen molar-refractivity contribution in [2.75, 3.05) is 12.4 Å². The van der Waals surface area contributed by atoms with Crippen molar-refractivity contribution in [1.29, 1.82) is 0 Å². The van der Waals surface area contributed by atoms with Gasteiger partial charge in [-0.15, -0.1) is 0 Å². The van der Waals surface area contributed by atoms with Crippen LogP contribution >= 0.6 is 0 Å². The second-order valence-electron chi connectivity index (χ2n) is 3.23. The zero-order valence-corrected chi connectivity index (χ0v) is 8.99. The normalized spacial score (nSPS) is 10.0. The molecule has 0 aliphatic heterocycles. The first-order valence-electron chi connectivity index (χ1n) is 4.84. The van der Waals surface area contributed by atoms with Crippen molar-refractivity contribution in [3.8, 4) is 0 Å². The predicted octanol–water partition coefficient (Wildman–Crippen LogP) is 1.05. The van der Waals surface area contributed by atoms with Gasteiger partial charge in [0.05, 0.1) is 18.1 Å². The zero-order chi connectivity index (χ0) is 12.3. The number of rotatable bonds is 3. The van der Waals surface area contributed by atoms with Crippen molar-refractivity contribution in [3.05, 3.63) is 36.0 Å². The smallest absolute Gasteiger partial charge is 0.256 e. The second-order valence-corrected chi connectivity index (χ2v) is 3.23. The molecule has 88 valence electrons. The third-order valence-electron chi connectivity index (χ3n) is 2.11. The number of halogens is 1. The van der Waals surface area contributed by atoms with Crippen molar-refractivity contribution < 1.29 is 9.18 Å². The van der Waals surface area contributed by atoms with E-state index in [0.29, 0.717) is 17.1 Å². The van der Waals surface area contributed by atoms with Gasteiger partial charge in [0.2, 0.25) is 5.95 Å². The average Bonchev–Trinajstić information content (AvgIpc) is 2.79. The summed E-state index contributed by atoms with van der Waals surface area (Å²) in [4.78, 5) is 14.9. The number of aromatic amines is 1. The lowest BCUT2D eigenvalue weighted by molar-refractivity contribution is 0.0964. The van der Waals surface area contributed by atoms with Gasteiger partial charge < -0.3 is 10.6 Å². The lowest BCUT2D eigenvalue weighted by Gasteiger charge is -2.05. The minimum absolute atomic E-state index is 0.267. The van der Waals surface area contributed by atoms with Crippen LogP contribution in [0.25, 0.3) is 0 Å². The SMILES string of the molecule is CNC(=O)c1cn[nH]c1Nc1ccc(F)nc1. The van der Waals surface area contributed by atoms with E-state index in [9.17, 15) is 9.18 Å². The summed E-state index contributed by atoms with van der Waals surface area (Å²) in [6.07, 6.45) is 2.72. The Kier molecular flexibility index (Phi) is 2.99. The molecule has 2 aromatic rings. The molecule has 17 heavy (non-hydrogen) atoms. The molecule has 7 heteroatoms. The number of carbonyl (C=O) groups is 1. The molecule has 3 N–H and O–H groups in total. The number of H-pyrrole nitrogens is 1. The average molecular weight is 235 g/mol. The molecule has 0 aliphatic rings. The number of hydrogen-bond acceptors (Lipinski definition) is 4. The Morgan fingerprint density at radius 2 is 2.24 bits per heavy atom. The molecule has 0 saturated carbocycles. The van der Waals surface area contributed by atoms with Gasteiger partial charge in [-0.1, -0.05) is 0 Å². The van der Waals surface area contributed by atoms with E-state index in [2.05, 4.69) is 25.8 Å². The molecule has 1 amide bonds. The van der Waals surface area contributed by atoms with Crippen LogP contribution in [0.5, 0.6) is 0 Å². The van der Waals surface area contributed by atoms with Crippen LogP contribution in [0.3, 0.4) is 0 Å². The first-order chi connectivity index (χ1) is 8.20. The highest BCUT2D eigenvalue weighted by molar-refractivity contribution is 5.98. The van der Waals surface area contributed by atoms with E-state index in [1.807, 2.05) is 0 Å². The maximum atomic E-state index is 12.6. The standard InChI is InChI=1S/C10H10FN5O/c1-12-10(17)7-5-14-16-9(7)15-6-2-3-8(11)13-4-6/h2-5H,1H3,(H,12,17)(H2,14,15,16). The highest BCUT2D eigenvalue weighted by atomic mass is 19.1. The van der Waals surface area contributed by atoms with Crippen LogP contribution in [0.15, 0.2) is 24.5 Å². The van der Waals surface area contributed by atoms with Gasteiger partial charge in [0, 0.05) is 7.05 Å². The van der Waals surface area contributed by atoms with Crippen LogP contribution in [0.1, 0.15) is 10.4 Å². The van der Waals surface area contributed by atoms with Gasteiger partial charge in [-0.3, -0.25) is 9.89 Å². The minimum Gasteiger partial charge on any atom is -0.355 e. The van der Waals surface area contributed by atoms with Crippen LogP contribution in [-0.2, 0) is 0 Å². The third kappa shape index (κ3) is 2.39. The predicted molar refractivity (Wildman–Crippen MR) is 59.5 cm³/mol. The van der Waals surface area contributed by atoms with Crippen LogP contribution in [0.4, 0.5) is 15.9 Å². The van der Waals surface area contributed by atoms with Crippen LogP contribution in [0.2, 0.25) is 0 Å². The lowest BCUT2D eigenvalue weighted by Crippen LogP contribution is -2.18. The van der Waals surface area contributed by atoms with Gasteiger partial charge in [0.1, 0.15) is 11.4 Å². The van der Waals surface area contributed by atoms with E-state index in [1.165, 1.54) is 31.6 Å². The van der Waals surface area contributed by atoms with E-state index < -0.39 is 5.95 Å². The van der Waals surface area contributed by atoms with Gasteiger partial charge >= 0.3 is 0 Å². The largest absolute Gasteiger partial charge is 0.355 e. The Labute approximate surface area is 96.3 Å². The molecule has 0 saturated heterocycles. The van der Waals surface area contributed by atoms with Crippen molar-refractivity contribution in [3.63, 3.8) is 0 Å². The fourth-order valence-corrected chi connectivity index (χ4v) is 1.28. The highest BCUT2D eigenvalue weighted by Crippen LogP contribution is 2.17. The fourth-order valence-electron chi connectivity index (χ4n) is 1.28. The Hall–Kier alpha value is -2.44. The number of aromatic nitrogens is 3. The third-order valence-corrected chi connectivity index (χ3v) is 2.11. The number of amides is 1. The summed E-state index contributed by atoms with van der Waals surface area (Å²) in [7, 11) is 1.53. The van der Waals surface area contributed by atoms with Gasteiger partial charge in [0.15, 0.2) is 0 Å². The molecule has 0 fully saturated rings. The molecule has 2 heterocycles. The quantitative estimate of drug-likeness (QED) is 0.694. The summed E-state index contributed by atoms with van der Waals surface area (Å²) in [5, 5.41) is 11.8. The van der Waals surface area contributed by atoms with E-state index in [4.69, 9.17) is 0 Å². The Morgan fingerprint density at radius 3 is 2.88 bits per heavy atom. The first-order valence-corrected chi connectivity index (χ1v) is 4.84. The van der Waals surface area contributed by atoms with Gasteiger partial charge in [0.25, 0.3) is 5.91 Å². The Bertz CT molecular complexity index is 522. The number of hydrogen-bond donors (Lipinski definition) is 3. The van der Waals surface area contributed by atoms with E-state index in [1.54, 1.807) is 0 Å². The number of nitrogens with zero attached hydrogens (tertiary/aromatic N) is 2. The van der Waals surface area contributed by atoms with Gasteiger partial charge in [-0.2, -0.15) is 9.49 Å². The van der Waals surface area contributed by atoms with E-state index in [0.717, 1.165) is 0 Å². The van der Waals surface area contributed by atoms with E-state index in [-0.39, 0.29) is 5.91 Å². The molecule has 2 aromatic heterocycles. The molecule has 0 aliphatic carbocycles. The molecule has 0 aromatic carbocycles. The molecule has 0 unspecified atom stereocenters. The molecule has 0 radical (unpaired) electrons. The molecular weight excluding hydrogens is 225 g/mol. The highest BCUT2D eigenvalue weighted by Gasteiger charge is 2.12. The Balaban J connectivity index is 2.21. The zero-order valence-electron chi connectivity index (χ0n) is 8.99. The summed E-state index contributed by atoms with van der Waals surface area (Å²) in [6.45, 7) is 0. The molecule has 2 rings (SSSR count). The maximum absolute atomic E-state index is 12.6. The summed E-state index contributed by atoms with van der Waals surface area (Å²) < 4.78 is 12.6. The molecule has 0 spiro atoms. The maximum Gasteiger partial charge on any atom is 0.256 e. The second kappa shape index (κ2) is 4.60. The molecule has 0 bridgehead atoms. The number of carbonyl (C=O) groups excluding carboxylic acids is 1.